The van der Waals surface area contributed by atoms with Crippen LogP contribution in [0, 0.1) is 0 Å². The number of benzene rings is 3. The van der Waals surface area contributed by atoms with E-state index in [1.54, 1.807) is 67.8 Å². The lowest BCUT2D eigenvalue weighted by molar-refractivity contribution is -0.290. The van der Waals surface area contributed by atoms with Crippen LogP contribution in [0.5, 0.6) is 5.75 Å². The van der Waals surface area contributed by atoms with Gasteiger partial charge in [0.15, 0.2) is 24.6 Å². The molecule has 40 heavy (non-hydrogen) atoms. The van der Waals surface area contributed by atoms with E-state index in [0.717, 1.165) is 5.56 Å². The van der Waals surface area contributed by atoms with Crippen molar-refractivity contribution in [3.05, 3.63) is 102 Å². The van der Waals surface area contributed by atoms with Gasteiger partial charge in [-0.05, 0) is 42.0 Å². The first-order valence-corrected chi connectivity index (χ1v) is 12.6. The zero-order valence-corrected chi connectivity index (χ0v) is 22.0. The number of hydrogen-bond donors (Lipinski definition) is 1. The summed E-state index contributed by atoms with van der Waals surface area (Å²) in [5.41, 5.74) is 1.25. The molecule has 0 aromatic heterocycles. The molecule has 3 aromatic carbocycles. The Hall–Kier alpha value is -4.25. The van der Waals surface area contributed by atoms with Gasteiger partial charge in [0.25, 0.3) is 0 Å². The number of methoxy groups -OCH3 is 1. The Kier molecular flexibility index (Phi) is 9.85. The number of esters is 3. The topological polar surface area (TPSA) is 127 Å². The minimum absolute atomic E-state index is 0.139. The second-order valence-corrected chi connectivity index (χ2v) is 8.97. The molecule has 1 aliphatic rings. The highest BCUT2D eigenvalue weighted by atomic mass is 16.7. The fraction of sp³-hybridized carbons (Fsp3) is 0.300. The van der Waals surface area contributed by atoms with Crippen LogP contribution < -0.4 is 4.74 Å². The van der Waals surface area contributed by atoms with Crippen LogP contribution in [-0.2, 0) is 35.1 Å². The molecule has 10 heteroatoms. The second-order valence-electron chi connectivity index (χ2n) is 8.97. The molecule has 0 spiro atoms. The van der Waals surface area contributed by atoms with Crippen LogP contribution in [0.3, 0.4) is 0 Å². The van der Waals surface area contributed by atoms with Crippen molar-refractivity contribution in [1.82, 2.24) is 0 Å². The third kappa shape index (κ3) is 7.44. The van der Waals surface area contributed by atoms with Gasteiger partial charge in [-0.3, -0.25) is 4.79 Å². The summed E-state index contributed by atoms with van der Waals surface area (Å²) in [4.78, 5) is 38.0. The molecule has 1 aliphatic heterocycles. The Morgan fingerprint density at radius 1 is 0.750 bits per heavy atom. The predicted octanol–water partition coefficient (Wildman–Crippen LogP) is 3.31. The van der Waals surface area contributed by atoms with Crippen LogP contribution in [0.1, 0.15) is 33.2 Å². The molecule has 0 amide bonds. The summed E-state index contributed by atoms with van der Waals surface area (Å²) in [6, 6.07) is 23.4. The van der Waals surface area contributed by atoms with E-state index in [4.69, 9.17) is 28.4 Å². The van der Waals surface area contributed by atoms with Crippen LogP contribution in [0.15, 0.2) is 84.9 Å². The third-order valence-electron chi connectivity index (χ3n) is 6.13. The fourth-order valence-corrected chi connectivity index (χ4v) is 4.17. The lowest BCUT2D eigenvalue weighted by atomic mass is 9.98. The van der Waals surface area contributed by atoms with E-state index in [9.17, 15) is 19.5 Å². The second kappa shape index (κ2) is 13.7. The number of carbonyl (C=O) groups is 3. The maximum Gasteiger partial charge on any atom is 0.338 e. The zero-order valence-electron chi connectivity index (χ0n) is 22.0. The highest BCUT2D eigenvalue weighted by molar-refractivity contribution is 5.90. The molecule has 0 saturated carbocycles. The quantitative estimate of drug-likeness (QED) is 0.297. The van der Waals surface area contributed by atoms with Gasteiger partial charge in [0.05, 0.1) is 31.5 Å². The summed E-state index contributed by atoms with van der Waals surface area (Å²) in [5, 5.41) is 10.9. The van der Waals surface area contributed by atoms with Crippen molar-refractivity contribution in [3.63, 3.8) is 0 Å². The Morgan fingerprint density at radius 3 is 1.82 bits per heavy atom. The van der Waals surface area contributed by atoms with E-state index in [-0.39, 0.29) is 24.3 Å². The first-order chi connectivity index (χ1) is 19.4. The summed E-state index contributed by atoms with van der Waals surface area (Å²) in [7, 11) is 1.57. The van der Waals surface area contributed by atoms with E-state index in [1.807, 2.05) is 12.1 Å². The molecule has 1 saturated heterocycles. The van der Waals surface area contributed by atoms with E-state index in [0.29, 0.717) is 5.75 Å². The maximum absolute atomic E-state index is 13.0. The van der Waals surface area contributed by atoms with Crippen molar-refractivity contribution in [2.24, 2.45) is 0 Å². The number of rotatable bonds is 10. The average molecular weight is 551 g/mol. The number of hydrogen-bond acceptors (Lipinski definition) is 10. The van der Waals surface area contributed by atoms with Gasteiger partial charge >= 0.3 is 17.9 Å². The number of carbonyl (C=O) groups excluding carboxylic acids is 3. The molecule has 4 rings (SSSR count). The largest absolute Gasteiger partial charge is 0.497 e. The van der Waals surface area contributed by atoms with Gasteiger partial charge in [0.2, 0.25) is 0 Å². The number of aliphatic hydroxyl groups is 1. The van der Waals surface area contributed by atoms with E-state index in [2.05, 4.69) is 0 Å². The molecule has 10 nitrogen and oxygen atoms in total. The maximum atomic E-state index is 13.0. The monoisotopic (exact) mass is 550 g/mol. The summed E-state index contributed by atoms with van der Waals surface area (Å²) in [6.07, 6.45) is -6.97. The molecule has 3 aromatic rings. The molecular weight excluding hydrogens is 520 g/mol. The van der Waals surface area contributed by atoms with Crippen molar-refractivity contribution in [2.45, 2.75) is 44.2 Å². The predicted molar refractivity (Wildman–Crippen MR) is 140 cm³/mol. The lowest BCUT2D eigenvalue weighted by Crippen LogP contribution is -2.62. The van der Waals surface area contributed by atoms with Crippen LogP contribution in [0.4, 0.5) is 0 Å². The van der Waals surface area contributed by atoms with Gasteiger partial charge in [-0.2, -0.15) is 0 Å². The fourth-order valence-electron chi connectivity index (χ4n) is 4.17. The van der Waals surface area contributed by atoms with Crippen LogP contribution >= 0.6 is 0 Å². The van der Waals surface area contributed by atoms with Crippen molar-refractivity contribution < 1.29 is 47.9 Å². The average Bonchev–Trinajstić information content (AvgIpc) is 2.97. The van der Waals surface area contributed by atoms with Crippen molar-refractivity contribution >= 4 is 17.9 Å². The highest BCUT2D eigenvalue weighted by Crippen LogP contribution is 2.29. The Labute approximate surface area is 231 Å². The summed E-state index contributed by atoms with van der Waals surface area (Å²) in [5.74, 6) is -1.56. The summed E-state index contributed by atoms with van der Waals surface area (Å²) in [6.45, 7) is 1.22. The Bertz CT molecular complexity index is 1260. The molecule has 0 aliphatic carbocycles. The Morgan fingerprint density at radius 2 is 1.30 bits per heavy atom. The van der Waals surface area contributed by atoms with Gasteiger partial charge < -0.3 is 33.5 Å². The van der Waals surface area contributed by atoms with Crippen molar-refractivity contribution in [3.8, 4) is 5.75 Å². The van der Waals surface area contributed by atoms with Gasteiger partial charge in [0, 0.05) is 6.92 Å². The van der Waals surface area contributed by atoms with Crippen LogP contribution in [0.2, 0.25) is 0 Å². The van der Waals surface area contributed by atoms with E-state index < -0.39 is 48.6 Å². The molecule has 210 valence electrons. The smallest absolute Gasteiger partial charge is 0.338 e. The molecule has 0 bridgehead atoms. The molecule has 1 fully saturated rings. The van der Waals surface area contributed by atoms with Crippen LogP contribution in [0.25, 0.3) is 0 Å². The van der Waals surface area contributed by atoms with Crippen LogP contribution in [-0.4, -0.2) is 67.4 Å². The number of aliphatic hydroxyl groups excluding tert-OH is 1. The highest BCUT2D eigenvalue weighted by Gasteiger charge is 2.52. The first-order valence-electron chi connectivity index (χ1n) is 12.6. The molecular formula is C30H30O10. The molecule has 1 N–H and O–H groups in total. The summed E-state index contributed by atoms with van der Waals surface area (Å²) >= 11 is 0. The zero-order chi connectivity index (χ0) is 28.5. The van der Waals surface area contributed by atoms with E-state index in [1.165, 1.54) is 19.1 Å². The minimum Gasteiger partial charge on any atom is -0.497 e. The third-order valence-corrected chi connectivity index (χ3v) is 6.13. The molecule has 1 heterocycles. The SMILES string of the molecule is COc1ccc(COC[C@H]2O[C@@H](O)[C@H](OC(=O)c3ccccc3)[C@@H](OC(=O)c3ccccc3)[C@@H]2OC(C)=O)cc1. The first kappa shape index (κ1) is 28.8. The molecule has 0 unspecified atom stereocenters. The van der Waals surface area contributed by atoms with Gasteiger partial charge in [-0.1, -0.05) is 48.5 Å². The van der Waals surface area contributed by atoms with Crippen molar-refractivity contribution in [1.29, 1.82) is 0 Å². The van der Waals surface area contributed by atoms with Gasteiger partial charge in [-0.25, -0.2) is 9.59 Å². The van der Waals surface area contributed by atoms with E-state index >= 15 is 0 Å². The van der Waals surface area contributed by atoms with Gasteiger partial charge in [0.1, 0.15) is 11.9 Å². The summed E-state index contributed by atoms with van der Waals surface area (Å²) < 4.78 is 33.5. The molecule has 5 atom stereocenters. The number of ether oxygens (including phenoxy) is 6. The Balaban J connectivity index is 1.57. The molecule has 0 radical (unpaired) electrons. The standard InChI is InChI=1S/C30H30O10/c1-19(31)37-25-24(18-36-17-20-13-15-23(35-2)16-14-20)38-30(34)27(40-29(33)22-11-7-4-8-12-22)26(25)39-28(32)21-9-5-3-6-10-21/h3-16,24-27,30,34H,17-18H2,1-2H3/t24-,25-,26+,27-,30-/m1/s1. The lowest BCUT2D eigenvalue weighted by Gasteiger charge is -2.43. The minimum atomic E-state index is -1.72. The van der Waals surface area contributed by atoms with Gasteiger partial charge in [-0.15, -0.1) is 0 Å². The normalized spacial score (nSPS) is 22.1. The van der Waals surface area contributed by atoms with Crippen molar-refractivity contribution in [2.75, 3.05) is 13.7 Å².